The molecule has 0 saturated heterocycles. The minimum absolute atomic E-state index is 0.106. The second kappa shape index (κ2) is 5.84. The summed E-state index contributed by atoms with van der Waals surface area (Å²) in [5.41, 5.74) is -0.106. The first-order valence-corrected chi connectivity index (χ1v) is 4.84. The van der Waals surface area contributed by atoms with E-state index in [1.807, 2.05) is 13.8 Å². The van der Waals surface area contributed by atoms with Gasteiger partial charge in [-0.1, -0.05) is 25.4 Å². The average Bonchev–Trinajstić information content (AvgIpc) is 1.88. The van der Waals surface area contributed by atoms with Crippen LogP contribution in [0.5, 0.6) is 0 Å². The van der Waals surface area contributed by atoms with Crippen molar-refractivity contribution in [3.63, 3.8) is 0 Å². The number of hydrogen-bond donors (Lipinski definition) is 0. The number of rotatable bonds is 5. The van der Waals surface area contributed by atoms with E-state index in [4.69, 9.17) is 16.3 Å². The zero-order valence-electron chi connectivity index (χ0n) is 7.93. The van der Waals surface area contributed by atoms with Crippen molar-refractivity contribution in [2.45, 2.75) is 52.2 Å². The molecule has 0 spiro atoms. The van der Waals surface area contributed by atoms with Crippen LogP contribution in [0.2, 0.25) is 0 Å². The molecule has 11 heavy (non-hydrogen) atoms. The normalized spacial score (nSPS) is 14.5. The molecule has 0 rings (SSSR count). The third-order valence-electron chi connectivity index (χ3n) is 1.82. The minimum atomic E-state index is -0.106. The van der Waals surface area contributed by atoms with Crippen molar-refractivity contribution >= 4 is 11.6 Å². The fraction of sp³-hybridized carbons (Fsp3) is 1.00. The maximum absolute atomic E-state index is 6.02. The Bertz CT molecular complexity index is 89.6. The molecule has 0 aliphatic carbocycles. The smallest absolute Gasteiger partial charge is 0.134 e. The van der Waals surface area contributed by atoms with Gasteiger partial charge in [0.2, 0.25) is 0 Å². The fourth-order valence-corrected chi connectivity index (χ4v) is 1.59. The molecule has 0 bridgehead atoms. The van der Waals surface area contributed by atoms with Gasteiger partial charge in [0, 0.05) is 0 Å². The minimum Gasteiger partial charge on any atom is -0.360 e. The van der Waals surface area contributed by atoms with Gasteiger partial charge in [-0.25, -0.2) is 0 Å². The van der Waals surface area contributed by atoms with Crippen LogP contribution in [-0.2, 0) is 4.74 Å². The molecule has 0 aromatic heterocycles. The van der Waals surface area contributed by atoms with E-state index in [1.54, 1.807) is 0 Å². The lowest BCUT2D eigenvalue weighted by Crippen LogP contribution is -2.20. The van der Waals surface area contributed by atoms with E-state index < -0.39 is 0 Å². The summed E-state index contributed by atoms with van der Waals surface area (Å²) in [6, 6.07) is 0. The van der Waals surface area contributed by atoms with E-state index in [9.17, 15) is 0 Å². The van der Waals surface area contributed by atoms with E-state index in [0.717, 1.165) is 12.8 Å². The highest BCUT2D eigenvalue weighted by molar-refractivity contribution is 6.19. The summed E-state index contributed by atoms with van der Waals surface area (Å²) in [4.78, 5) is 0. The number of hydrogen-bond acceptors (Lipinski definition) is 1. The topological polar surface area (TPSA) is 9.23 Å². The van der Waals surface area contributed by atoms with Crippen molar-refractivity contribution in [3.05, 3.63) is 0 Å². The van der Waals surface area contributed by atoms with Crippen molar-refractivity contribution in [2.24, 2.45) is 5.92 Å². The molecule has 0 saturated carbocycles. The third-order valence-corrected chi connectivity index (χ3v) is 2.28. The molecular weight excluding hydrogens is 160 g/mol. The van der Waals surface area contributed by atoms with Gasteiger partial charge < -0.3 is 4.74 Å². The molecule has 0 N–H and O–H groups in total. The monoisotopic (exact) mass is 178 g/mol. The third kappa shape index (κ3) is 4.65. The highest BCUT2D eigenvalue weighted by Crippen LogP contribution is 2.20. The second-order valence-corrected chi connectivity index (χ2v) is 3.54. The molecule has 1 nitrogen and oxygen atoms in total. The summed E-state index contributed by atoms with van der Waals surface area (Å²) in [7, 11) is 0. The molecular formula is C9H19ClO. The molecule has 0 aromatic carbocycles. The SMILES string of the molecule is CCC(CC)C(Cl)OC(C)C. The lowest BCUT2D eigenvalue weighted by atomic mass is 10.1. The van der Waals surface area contributed by atoms with Gasteiger partial charge in [-0.2, -0.15) is 0 Å². The van der Waals surface area contributed by atoms with Gasteiger partial charge in [0.15, 0.2) is 0 Å². The first-order valence-electron chi connectivity index (χ1n) is 4.41. The molecule has 68 valence electrons. The van der Waals surface area contributed by atoms with Crippen molar-refractivity contribution in [1.82, 2.24) is 0 Å². The first-order chi connectivity index (χ1) is 5.11. The van der Waals surface area contributed by atoms with Gasteiger partial charge in [0.05, 0.1) is 6.10 Å². The van der Waals surface area contributed by atoms with Crippen LogP contribution in [0.1, 0.15) is 40.5 Å². The molecule has 0 fully saturated rings. The van der Waals surface area contributed by atoms with E-state index >= 15 is 0 Å². The average molecular weight is 179 g/mol. The highest BCUT2D eigenvalue weighted by atomic mass is 35.5. The van der Waals surface area contributed by atoms with Gasteiger partial charge >= 0.3 is 0 Å². The molecule has 0 aliphatic heterocycles. The molecule has 1 atom stereocenters. The first kappa shape index (κ1) is 11.2. The van der Waals surface area contributed by atoms with Crippen LogP contribution in [0.3, 0.4) is 0 Å². The largest absolute Gasteiger partial charge is 0.360 e. The van der Waals surface area contributed by atoms with E-state index in [-0.39, 0.29) is 11.7 Å². The van der Waals surface area contributed by atoms with Crippen LogP contribution in [0, 0.1) is 5.92 Å². The maximum Gasteiger partial charge on any atom is 0.134 e. The summed E-state index contributed by atoms with van der Waals surface area (Å²) < 4.78 is 5.46. The lowest BCUT2D eigenvalue weighted by molar-refractivity contribution is 0.0209. The van der Waals surface area contributed by atoms with E-state index in [2.05, 4.69) is 13.8 Å². The summed E-state index contributed by atoms with van der Waals surface area (Å²) in [5, 5.41) is 0. The predicted molar refractivity (Wildman–Crippen MR) is 49.9 cm³/mol. The molecule has 0 aromatic rings. The predicted octanol–water partition coefficient (Wildman–Crippen LogP) is 3.41. The Kier molecular flexibility index (Phi) is 5.98. The standard InChI is InChI=1S/C9H19ClO/c1-5-8(6-2)9(10)11-7(3)4/h7-9H,5-6H2,1-4H3. The van der Waals surface area contributed by atoms with Crippen LogP contribution < -0.4 is 0 Å². The van der Waals surface area contributed by atoms with E-state index in [1.165, 1.54) is 0 Å². The fourth-order valence-electron chi connectivity index (χ4n) is 1.03. The van der Waals surface area contributed by atoms with Gasteiger partial charge in [0.1, 0.15) is 5.56 Å². The number of halogens is 1. The van der Waals surface area contributed by atoms with Crippen LogP contribution in [0.4, 0.5) is 0 Å². The van der Waals surface area contributed by atoms with Gasteiger partial charge in [-0.3, -0.25) is 0 Å². The Morgan fingerprint density at radius 1 is 1.18 bits per heavy atom. The van der Waals surface area contributed by atoms with Gasteiger partial charge in [-0.15, -0.1) is 0 Å². The van der Waals surface area contributed by atoms with Crippen LogP contribution >= 0.6 is 11.6 Å². The van der Waals surface area contributed by atoms with Crippen molar-refractivity contribution in [3.8, 4) is 0 Å². The van der Waals surface area contributed by atoms with Crippen molar-refractivity contribution in [1.29, 1.82) is 0 Å². The van der Waals surface area contributed by atoms with Crippen molar-refractivity contribution in [2.75, 3.05) is 0 Å². The van der Waals surface area contributed by atoms with Crippen molar-refractivity contribution < 1.29 is 4.74 Å². The summed E-state index contributed by atoms with van der Waals surface area (Å²) in [6.45, 7) is 8.32. The quantitative estimate of drug-likeness (QED) is 0.587. The maximum atomic E-state index is 6.02. The molecule has 0 aliphatic rings. The Hall–Kier alpha value is 0.250. The number of alkyl halides is 1. The second-order valence-electron chi connectivity index (χ2n) is 3.11. The molecule has 0 radical (unpaired) electrons. The Balaban J connectivity index is 3.68. The van der Waals surface area contributed by atoms with Gasteiger partial charge in [0.25, 0.3) is 0 Å². The molecule has 0 heterocycles. The Labute approximate surface area is 75.1 Å². The molecule has 0 amide bonds. The van der Waals surface area contributed by atoms with E-state index in [0.29, 0.717) is 5.92 Å². The van der Waals surface area contributed by atoms with Crippen LogP contribution in [0.15, 0.2) is 0 Å². The zero-order valence-corrected chi connectivity index (χ0v) is 8.69. The highest BCUT2D eigenvalue weighted by Gasteiger charge is 2.16. The molecule has 2 heteroatoms. The van der Waals surface area contributed by atoms with Crippen LogP contribution in [0.25, 0.3) is 0 Å². The summed E-state index contributed by atoms with van der Waals surface area (Å²) in [6.07, 6.45) is 2.42. The summed E-state index contributed by atoms with van der Waals surface area (Å²) >= 11 is 6.02. The zero-order chi connectivity index (χ0) is 8.85. The molecule has 1 unspecified atom stereocenters. The summed E-state index contributed by atoms with van der Waals surface area (Å²) in [5.74, 6) is 0.499. The Morgan fingerprint density at radius 2 is 1.64 bits per heavy atom. The van der Waals surface area contributed by atoms with Gasteiger partial charge in [-0.05, 0) is 32.6 Å². The lowest BCUT2D eigenvalue weighted by Gasteiger charge is -2.21. The Morgan fingerprint density at radius 3 is 1.91 bits per heavy atom. The van der Waals surface area contributed by atoms with Crippen LogP contribution in [-0.4, -0.2) is 11.7 Å². The number of ether oxygens (including phenoxy) is 1.